The number of benzene rings is 1. The first-order valence-corrected chi connectivity index (χ1v) is 9.27. The maximum atomic E-state index is 5.39. The van der Waals surface area contributed by atoms with Gasteiger partial charge < -0.3 is 20.3 Å². The molecule has 0 aliphatic rings. The topological polar surface area (TPSA) is 61.8 Å². The van der Waals surface area contributed by atoms with Crippen molar-refractivity contribution in [1.29, 1.82) is 0 Å². The van der Waals surface area contributed by atoms with E-state index >= 15 is 0 Å². The first kappa shape index (κ1) is 19.1. The molecule has 0 saturated heterocycles. The summed E-state index contributed by atoms with van der Waals surface area (Å²) < 4.78 is 5.39. The van der Waals surface area contributed by atoms with Crippen LogP contribution in [0.4, 0.5) is 5.13 Å². The normalized spacial score (nSPS) is 11.3. The first-order valence-electron chi connectivity index (χ1n) is 8.39. The fraction of sp³-hybridized carbons (Fsp3) is 0.444. The number of nitrogens with zero attached hydrogens (tertiary/aromatic N) is 3. The third-order valence-electron chi connectivity index (χ3n) is 3.54. The van der Waals surface area contributed by atoms with Crippen molar-refractivity contribution in [2.45, 2.75) is 19.9 Å². The molecule has 0 aliphatic heterocycles. The Kier molecular flexibility index (Phi) is 7.53. The zero-order valence-electron chi connectivity index (χ0n) is 15.4. The fourth-order valence-electron chi connectivity index (χ4n) is 2.30. The second kappa shape index (κ2) is 9.88. The smallest absolute Gasteiger partial charge is 0.191 e. The third kappa shape index (κ3) is 5.94. The fourth-order valence-corrected chi connectivity index (χ4v) is 3.05. The van der Waals surface area contributed by atoms with E-state index in [2.05, 4.69) is 39.0 Å². The van der Waals surface area contributed by atoms with Crippen LogP contribution < -0.4 is 20.3 Å². The molecule has 0 radical (unpaired) electrons. The van der Waals surface area contributed by atoms with Crippen LogP contribution >= 0.6 is 11.3 Å². The number of ether oxygens (including phenoxy) is 1. The Hall–Kier alpha value is -2.28. The molecule has 25 heavy (non-hydrogen) atoms. The van der Waals surface area contributed by atoms with Gasteiger partial charge in [0, 0.05) is 32.6 Å². The van der Waals surface area contributed by atoms with Gasteiger partial charge in [0.05, 0.1) is 19.3 Å². The zero-order valence-corrected chi connectivity index (χ0v) is 16.2. The molecule has 0 bridgehead atoms. The van der Waals surface area contributed by atoms with Crippen molar-refractivity contribution < 1.29 is 4.74 Å². The SMILES string of the molecule is CCNC(=NCc1csc(N(C)C)n1)NCCc1ccccc1OC. The van der Waals surface area contributed by atoms with E-state index < -0.39 is 0 Å². The standard InChI is InChI=1S/C18H27N5OS/c1-5-19-17(21-12-15-13-25-18(22-15)23(2)3)20-11-10-14-8-6-7-9-16(14)24-4/h6-9,13H,5,10-12H2,1-4H3,(H2,19,20,21). The van der Waals surface area contributed by atoms with Gasteiger partial charge in [-0.25, -0.2) is 9.98 Å². The van der Waals surface area contributed by atoms with Gasteiger partial charge in [0.2, 0.25) is 0 Å². The summed E-state index contributed by atoms with van der Waals surface area (Å²) in [5, 5.41) is 9.69. The van der Waals surface area contributed by atoms with Crippen LogP contribution in [-0.4, -0.2) is 45.2 Å². The van der Waals surface area contributed by atoms with Crippen LogP contribution in [0.25, 0.3) is 0 Å². The van der Waals surface area contributed by atoms with Gasteiger partial charge in [-0.3, -0.25) is 0 Å². The molecule has 6 nitrogen and oxygen atoms in total. The molecule has 0 aliphatic carbocycles. The van der Waals surface area contributed by atoms with E-state index in [0.29, 0.717) is 6.54 Å². The molecule has 0 fully saturated rings. The van der Waals surface area contributed by atoms with Crippen LogP contribution in [-0.2, 0) is 13.0 Å². The summed E-state index contributed by atoms with van der Waals surface area (Å²) in [5.74, 6) is 1.72. The Balaban J connectivity index is 1.90. The molecule has 0 saturated carbocycles. The highest BCUT2D eigenvalue weighted by molar-refractivity contribution is 7.13. The minimum absolute atomic E-state index is 0.564. The van der Waals surface area contributed by atoms with Gasteiger partial charge in [-0.1, -0.05) is 18.2 Å². The van der Waals surface area contributed by atoms with E-state index in [0.717, 1.165) is 42.0 Å². The molecule has 7 heteroatoms. The van der Waals surface area contributed by atoms with Crippen molar-refractivity contribution in [3.63, 3.8) is 0 Å². The number of guanidine groups is 1. The molecule has 136 valence electrons. The lowest BCUT2D eigenvalue weighted by molar-refractivity contribution is 0.409. The predicted octanol–water partition coefficient (Wildman–Crippen LogP) is 2.52. The van der Waals surface area contributed by atoms with E-state index in [-0.39, 0.29) is 0 Å². The Morgan fingerprint density at radius 2 is 2.08 bits per heavy atom. The number of aromatic nitrogens is 1. The van der Waals surface area contributed by atoms with E-state index in [1.165, 1.54) is 5.56 Å². The second-order valence-corrected chi connectivity index (χ2v) is 6.54. The number of hydrogen-bond donors (Lipinski definition) is 2. The predicted molar refractivity (Wildman–Crippen MR) is 106 cm³/mol. The molecule has 0 atom stereocenters. The van der Waals surface area contributed by atoms with Gasteiger partial charge in [0.25, 0.3) is 0 Å². The van der Waals surface area contributed by atoms with Crippen LogP contribution in [0.3, 0.4) is 0 Å². The van der Waals surface area contributed by atoms with Crippen LogP contribution in [0.15, 0.2) is 34.6 Å². The van der Waals surface area contributed by atoms with Crippen molar-refractivity contribution in [3.05, 3.63) is 40.9 Å². The average molecular weight is 362 g/mol. The van der Waals surface area contributed by atoms with Crippen LogP contribution in [0.2, 0.25) is 0 Å². The highest BCUT2D eigenvalue weighted by atomic mass is 32.1. The van der Waals surface area contributed by atoms with Gasteiger partial charge in [-0.05, 0) is 25.0 Å². The average Bonchev–Trinajstić information content (AvgIpc) is 3.09. The summed E-state index contributed by atoms with van der Waals surface area (Å²) in [4.78, 5) is 11.2. The molecule has 1 aromatic carbocycles. The van der Waals surface area contributed by atoms with Crippen molar-refractivity contribution in [3.8, 4) is 5.75 Å². The van der Waals surface area contributed by atoms with E-state index in [1.807, 2.05) is 37.2 Å². The highest BCUT2D eigenvalue weighted by Gasteiger charge is 2.05. The highest BCUT2D eigenvalue weighted by Crippen LogP contribution is 2.18. The number of nitrogens with one attached hydrogen (secondary N) is 2. The molecule has 1 aromatic heterocycles. The maximum Gasteiger partial charge on any atom is 0.191 e. The summed E-state index contributed by atoms with van der Waals surface area (Å²) >= 11 is 1.63. The summed E-state index contributed by atoms with van der Waals surface area (Å²) in [7, 11) is 5.69. The van der Waals surface area contributed by atoms with Gasteiger partial charge in [0.15, 0.2) is 11.1 Å². The molecule has 2 rings (SSSR count). The van der Waals surface area contributed by atoms with Gasteiger partial charge >= 0.3 is 0 Å². The quantitative estimate of drug-likeness (QED) is 0.559. The number of rotatable bonds is 8. The molecule has 1 heterocycles. The molecule has 2 aromatic rings. The molecular weight excluding hydrogens is 334 g/mol. The summed E-state index contributed by atoms with van der Waals surface area (Å²) in [6, 6.07) is 8.08. The number of para-hydroxylation sites is 1. The summed E-state index contributed by atoms with van der Waals surface area (Å²) in [5.41, 5.74) is 2.17. The lowest BCUT2D eigenvalue weighted by Gasteiger charge is -2.12. The Labute approximate surface area is 154 Å². The molecule has 0 amide bonds. The first-order chi connectivity index (χ1) is 12.1. The third-order valence-corrected chi connectivity index (χ3v) is 4.60. The molecular formula is C18H27N5OS. The maximum absolute atomic E-state index is 5.39. The van der Waals surface area contributed by atoms with Crippen molar-refractivity contribution in [2.75, 3.05) is 39.2 Å². The summed E-state index contributed by atoms with van der Waals surface area (Å²) in [6.45, 7) is 4.23. The number of thiazole rings is 1. The molecule has 0 spiro atoms. The monoisotopic (exact) mass is 361 g/mol. The van der Waals surface area contributed by atoms with E-state index in [1.54, 1.807) is 18.4 Å². The zero-order chi connectivity index (χ0) is 18.1. The number of anilines is 1. The largest absolute Gasteiger partial charge is 0.496 e. The van der Waals surface area contributed by atoms with Crippen LogP contribution in [0, 0.1) is 0 Å². The molecule has 0 unspecified atom stereocenters. The summed E-state index contributed by atoms with van der Waals surface area (Å²) in [6.07, 6.45) is 0.871. The van der Waals surface area contributed by atoms with E-state index in [9.17, 15) is 0 Å². The second-order valence-electron chi connectivity index (χ2n) is 5.70. The molecule has 2 N–H and O–H groups in total. The van der Waals surface area contributed by atoms with Gasteiger partial charge in [0.1, 0.15) is 5.75 Å². The number of aliphatic imine (C=N–C) groups is 1. The Bertz CT molecular complexity index is 684. The van der Waals surface area contributed by atoms with Crippen molar-refractivity contribution >= 4 is 22.4 Å². The minimum Gasteiger partial charge on any atom is -0.496 e. The van der Waals surface area contributed by atoms with E-state index in [4.69, 9.17) is 4.74 Å². The Morgan fingerprint density at radius 3 is 2.76 bits per heavy atom. The number of methoxy groups -OCH3 is 1. The van der Waals surface area contributed by atoms with Crippen LogP contribution in [0.1, 0.15) is 18.2 Å². The van der Waals surface area contributed by atoms with Crippen molar-refractivity contribution in [1.82, 2.24) is 15.6 Å². The van der Waals surface area contributed by atoms with Crippen LogP contribution in [0.5, 0.6) is 5.75 Å². The van der Waals surface area contributed by atoms with Crippen molar-refractivity contribution in [2.24, 2.45) is 4.99 Å². The lowest BCUT2D eigenvalue weighted by atomic mass is 10.1. The lowest BCUT2D eigenvalue weighted by Crippen LogP contribution is -2.38. The van der Waals surface area contributed by atoms with Gasteiger partial charge in [-0.2, -0.15) is 0 Å². The van der Waals surface area contributed by atoms with Gasteiger partial charge in [-0.15, -0.1) is 11.3 Å². The number of hydrogen-bond acceptors (Lipinski definition) is 5. The minimum atomic E-state index is 0.564. The Morgan fingerprint density at radius 1 is 1.28 bits per heavy atom.